The summed E-state index contributed by atoms with van der Waals surface area (Å²) in [7, 11) is 0. The third-order valence-corrected chi connectivity index (χ3v) is 3.38. The average Bonchev–Trinajstić information content (AvgIpc) is 3.26. The molecule has 0 atom stereocenters. The van der Waals surface area contributed by atoms with E-state index in [1.807, 2.05) is 24.4 Å². The van der Waals surface area contributed by atoms with Crippen LogP contribution in [0.3, 0.4) is 0 Å². The highest BCUT2D eigenvalue weighted by atomic mass is 35.5. The standard InChI is InChI=1S/C8H8ClN3.C7H6ClF2NO/c9-6-7-2-3-8(11-7)12-5-1-4-10-12;8-3-5-1-2-6(11-4-5)12-7(9)10/h1-5,11H,6H2;1-2,4,7H,3H2. The number of aromatic amines is 1. The zero-order valence-electron chi connectivity index (χ0n) is 12.4. The van der Waals surface area contributed by atoms with E-state index in [1.54, 1.807) is 16.9 Å². The van der Waals surface area contributed by atoms with Crippen LogP contribution in [0.2, 0.25) is 0 Å². The van der Waals surface area contributed by atoms with E-state index < -0.39 is 6.61 Å². The van der Waals surface area contributed by atoms with E-state index in [4.69, 9.17) is 23.2 Å². The Labute approximate surface area is 147 Å². The van der Waals surface area contributed by atoms with E-state index >= 15 is 0 Å². The molecule has 0 aliphatic carbocycles. The summed E-state index contributed by atoms with van der Waals surface area (Å²) in [4.78, 5) is 6.74. The molecular formula is C15H14Cl2F2N4O. The highest BCUT2D eigenvalue weighted by Gasteiger charge is 2.04. The van der Waals surface area contributed by atoms with Crippen molar-refractivity contribution >= 4 is 23.2 Å². The molecule has 0 aromatic carbocycles. The van der Waals surface area contributed by atoms with Crippen LogP contribution < -0.4 is 4.74 Å². The Balaban J connectivity index is 0.000000174. The van der Waals surface area contributed by atoms with Crippen molar-refractivity contribution in [1.82, 2.24) is 19.7 Å². The molecule has 1 N–H and O–H groups in total. The van der Waals surface area contributed by atoms with Crippen molar-refractivity contribution in [2.75, 3.05) is 0 Å². The van der Waals surface area contributed by atoms with Crippen LogP contribution in [0.1, 0.15) is 11.3 Å². The van der Waals surface area contributed by atoms with Crippen molar-refractivity contribution in [3.05, 3.63) is 60.2 Å². The van der Waals surface area contributed by atoms with Crippen LogP contribution in [0, 0.1) is 0 Å². The largest absolute Gasteiger partial charge is 0.417 e. The van der Waals surface area contributed by atoms with Gasteiger partial charge in [-0.05, 0) is 23.8 Å². The second-order valence-corrected chi connectivity index (χ2v) is 5.00. The SMILES string of the molecule is ClCc1ccc(-n2cccn2)[nH]1.FC(F)Oc1ccc(CCl)cn1. The van der Waals surface area contributed by atoms with Gasteiger partial charge >= 0.3 is 6.61 Å². The summed E-state index contributed by atoms with van der Waals surface area (Å²) in [6.07, 6.45) is 5.01. The minimum absolute atomic E-state index is 0.0983. The molecule has 3 heterocycles. The molecule has 0 bridgehead atoms. The Kier molecular flexibility index (Phi) is 7.02. The molecule has 128 valence electrons. The summed E-state index contributed by atoms with van der Waals surface area (Å²) in [6, 6.07) is 8.71. The van der Waals surface area contributed by atoms with Crippen LogP contribution in [0.4, 0.5) is 8.78 Å². The van der Waals surface area contributed by atoms with E-state index in [0.29, 0.717) is 11.8 Å². The van der Waals surface area contributed by atoms with Gasteiger partial charge in [0.05, 0.1) is 5.88 Å². The second-order valence-electron chi connectivity index (χ2n) is 4.47. The molecule has 0 aliphatic heterocycles. The maximum Gasteiger partial charge on any atom is 0.388 e. The minimum atomic E-state index is -2.83. The molecule has 0 saturated carbocycles. The molecule has 3 rings (SSSR count). The molecule has 0 saturated heterocycles. The first kappa shape index (κ1) is 18.2. The molecule has 0 unspecified atom stereocenters. The molecule has 3 aromatic heterocycles. The minimum Gasteiger partial charge on any atom is -0.417 e. The summed E-state index contributed by atoms with van der Waals surface area (Å²) >= 11 is 11.1. The molecule has 0 amide bonds. The summed E-state index contributed by atoms with van der Waals surface area (Å²) in [5.41, 5.74) is 1.76. The summed E-state index contributed by atoms with van der Waals surface area (Å²) in [5, 5.41) is 4.08. The molecule has 24 heavy (non-hydrogen) atoms. The maximum absolute atomic E-state index is 11.6. The van der Waals surface area contributed by atoms with Gasteiger partial charge in [-0.3, -0.25) is 0 Å². The summed E-state index contributed by atoms with van der Waals surface area (Å²) in [5.74, 6) is 1.65. The van der Waals surface area contributed by atoms with Gasteiger partial charge in [-0.25, -0.2) is 9.67 Å². The van der Waals surface area contributed by atoms with Gasteiger partial charge in [0, 0.05) is 36.2 Å². The highest BCUT2D eigenvalue weighted by Crippen LogP contribution is 2.11. The molecule has 5 nitrogen and oxygen atoms in total. The quantitative estimate of drug-likeness (QED) is 0.675. The van der Waals surface area contributed by atoms with Crippen molar-refractivity contribution in [2.45, 2.75) is 18.4 Å². The van der Waals surface area contributed by atoms with Gasteiger partial charge in [0.15, 0.2) is 0 Å². The number of halogens is 4. The Bertz CT molecular complexity index is 717. The lowest BCUT2D eigenvalue weighted by Crippen LogP contribution is -2.03. The van der Waals surface area contributed by atoms with Gasteiger partial charge in [0.25, 0.3) is 0 Å². The lowest BCUT2D eigenvalue weighted by Gasteiger charge is -2.02. The first-order chi connectivity index (χ1) is 11.6. The zero-order valence-corrected chi connectivity index (χ0v) is 13.9. The summed E-state index contributed by atoms with van der Waals surface area (Å²) in [6.45, 7) is -2.83. The molecule has 0 fully saturated rings. The van der Waals surface area contributed by atoms with Crippen LogP contribution in [0.25, 0.3) is 5.82 Å². The average molecular weight is 375 g/mol. The number of H-pyrrole nitrogens is 1. The predicted molar refractivity (Wildman–Crippen MR) is 87.9 cm³/mol. The number of aromatic nitrogens is 4. The van der Waals surface area contributed by atoms with Gasteiger partial charge in [0.2, 0.25) is 5.88 Å². The fourth-order valence-corrected chi connectivity index (χ4v) is 2.02. The van der Waals surface area contributed by atoms with Gasteiger partial charge in [0.1, 0.15) is 5.82 Å². The predicted octanol–water partition coefficient (Wildman–Crippen LogP) is 4.36. The lowest BCUT2D eigenvalue weighted by molar-refractivity contribution is -0.0528. The second kappa shape index (κ2) is 9.24. The zero-order chi connectivity index (χ0) is 17.4. The van der Waals surface area contributed by atoms with Crippen LogP contribution >= 0.6 is 23.2 Å². The van der Waals surface area contributed by atoms with Gasteiger partial charge in [-0.1, -0.05) is 6.07 Å². The fourth-order valence-electron chi connectivity index (χ4n) is 1.70. The molecular weight excluding hydrogens is 361 g/mol. The normalized spacial score (nSPS) is 10.4. The van der Waals surface area contributed by atoms with E-state index in [1.165, 1.54) is 12.3 Å². The van der Waals surface area contributed by atoms with Crippen LogP contribution in [0.15, 0.2) is 48.9 Å². The van der Waals surface area contributed by atoms with Crippen molar-refractivity contribution in [1.29, 1.82) is 0 Å². The number of ether oxygens (including phenoxy) is 1. The molecule has 0 radical (unpaired) electrons. The summed E-state index contributed by atoms with van der Waals surface area (Å²) < 4.78 is 29.0. The van der Waals surface area contributed by atoms with Gasteiger partial charge in [-0.2, -0.15) is 13.9 Å². The van der Waals surface area contributed by atoms with Gasteiger partial charge < -0.3 is 9.72 Å². The lowest BCUT2D eigenvalue weighted by atomic mass is 10.3. The molecule has 9 heteroatoms. The first-order valence-electron chi connectivity index (χ1n) is 6.82. The van der Waals surface area contributed by atoms with Gasteiger partial charge in [-0.15, -0.1) is 23.2 Å². The number of alkyl halides is 4. The number of hydrogen-bond acceptors (Lipinski definition) is 3. The molecule has 3 aromatic rings. The van der Waals surface area contributed by atoms with Crippen LogP contribution in [0.5, 0.6) is 5.88 Å². The Hall–Kier alpha value is -2.12. The van der Waals surface area contributed by atoms with Crippen molar-refractivity contribution in [3.63, 3.8) is 0 Å². The topological polar surface area (TPSA) is 55.7 Å². The van der Waals surface area contributed by atoms with Crippen LogP contribution in [-0.4, -0.2) is 26.4 Å². The highest BCUT2D eigenvalue weighted by molar-refractivity contribution is 6.17. The fraction of sp³-hybridized carbons (Fsp3) is 0.200. The Morgan fingerprint density at radius 1 is 1.17 bits per heavy atom. The Morgan fingerprint density at radius 3 is 2.50 bits per heavy atom. The first-order valence-corrected chi connectivity index (χ1v) is 7.89. The van der Waals surface area contributed by atoms with Crippen molar-refractivity contribution in [2.24, 2.45) is 0 Å². The number of nitrogens with zero attached hydrogens (tertiary/aromatic N) is 3. The van der Waals surface area contributed by atoms with Crippen molar-refractivity contribution < 1.29 is 13.5 Å². The molecule has 0 aliphatic rings. The van der Waals surface area contributed by atoms with E-state index in [2.05, 4.69) is 19.8 Å². The number of rotatable bonds is 5. The Morgan fingerprint density at radius 2 is 2.00 bits per heavy atom. The monoisotopic (exact) mass is 374 g/mol. The number of pyridine rings is 1. The van der Waals surface area contributed by atoms with E-state index in [-0.39, 0.29) is 5.88 Å². The van der Waals surface area contributed by atoms with E-state index in [0.717, 1.165) is 17.1 Å². The number of nitrogens with one attached hydrogen (secondary N) is 1. The number of hydrogen-bond donors (Lipinski definition) is 1. The molecule has 0 spiro atoms. The third kappa shape index (κ3) is 5.50. The van der Waals surface area contributed by atoms with Crippen LogP contribution in [-0.2, 0) is 11.8 Å². The van der Waals surface area contributed by atoms with E-state index in [9.17, 15) is 8.78 Å². The maximum atomic E-state index is 11.6. The third-order valence-electron chi connectivity index (χ3n) is 2.79. The van der Waals surface area contributed by atoms with Crippen molar-refractivity contribution in [3.8, 4) is 11.7 Å². The smallest absolute Gasteiger partial charge is 0.388 e.